The second-order valence-electron chi connectivity index (χ2n) is 4.61. The van der Waals surface area contributed by atoms with E-state index in [-0.39, 0.29) is 0 Å². The quantitative estimate of drug-likeness (QED) is 0.607. The molecule has 4 heteroatoms. The molecule has 0 aromatic carbocycles. The second kappa shape index (κ2) is 2.76. The zero-order valence-corrected chi connectivity index (χ0v) is 8.40. The van der Waals surface area contributed by atoms with Gasteiger partial charge in [0.05, 0.1) is 5.56 Å². The summed E-state index contributed by atoms with van der Waals surface area (Å²) in [4.78, 5) is 6.41. The molecular formula is C11H10BN3. The maximum atomic E-state index is 8.98. The van der Waals surface area contributed by atoms with Gasteiger partial charge in [0.15, 0.2) is 0 Å². The summed E-state index contributed by atoms with van der Waals surface area (Å²) in [6, 6.07) is 3.84. The van der Waals surface area contributed by atoms with Gasteiger partial charge in [-0.25, -0.2) is 4.98 Å². The Bertz CT molecular complexity index is 451. The van der Waals surface area contributed by atoms with Crippen LogP contribution >= 0.6 is 0 Å². The summed E-state index contributed by atoms with van der Waals surface area (Å²) in [5, 5.41) is 8.98. The standard InChI is InChI=1S/C11H10BN3/c12-9-3-8(4-13)10(14-5-9)15-6-11(7-15)1-2-11/h3,5H,1-2,6-7H2. The molecule has 0 amide bonds. The third-order valence-electron chi connectivity index (χ3n) is 3.32. The van der Waals surface area contributed by atoms with Crippen molar-refractivity contribution < 1.29 is 0 Å². The number of aromatic nitrogens is 1. The van der Waals surface area contributed by atoms with E-state index < -0.39 is 0 Å². The summed E-state index contributed by atoms with van der Waals surface area (Å²) < 4.78 is 0. The van der Waals surface area contributed by atoms with Gasteiger partial charge in [-0.15, -0.1) is 0 Å². The molecule has 3 nitrogen and oxygen atoms in total. The van der Waals surface area contributed by atoms with Crippen LogP contribution in [0.4, 0.5) is 5.82 Å². The Morgan fingerprint density at radius 1 is 1.47 bits per heavy atom. The van der Waals surface area contributed by atoms with Gasteiger partial charge in [-0.2, -0.15) is 5.26 Å². The van der Waals surface area contributed by atoms with Gasteiger partial charge >= 0.3 is 0 Å². The highest BCUT2D eigenvalue weighted by Crippen LogP contribution is 2.53. The molecule has 1 aromatic heterocycles. The molecule has 1 aliphatic heterocycles. The van der Waals surface area contributed by atoms with Crippen LogP contribution in [0, 0.1) is 16.7 Å². The highest BCUT2D eigenvalue weighted by Gasteiger charge is 2.52. The molecule has 0 N–H and O–H groups in total. The summed E-state index contributed by atoms with van der Waals surface area (Å²) in [5.74, 6) is 0.796. The molecule has 2 heterocycles. The van der Waals surface area contributed by atoms with E-state index in [1.54, 1.807) is 12.3 Å². The van der Waals surface area contributed by atoms with Gasteiger partial charge in [0, 0.05) is 24.7 Å². The topological polar surface area (TPSA) is 39.9 Å². The molecule has 1 aliphatic carbocycles. The van der Waals surface area contributed by atoms with E-state index in [0.29, 0.717) is 16.4 Å². The van der Waals surface area contributed by atoms with E-state index in [9.17, 15) is 0 Å². The van der Waals surface area contributed by atoms with Crippen molar-refractivity contribution in [1.82, 2.24) is 4.98 Å². The van der Waals surface area contributed by atoms with E-state index in [2.05, 4.69) is 16.0 Å². The first-order chi connectivity index (χ1) is 7.22. The molecular weight excluding hydrogens is 185 g/mol. The van der Waals surface area contributed by atoms with Gasteiger partial charge in [0.1, 0.15) is 19.7 Å². The van der Waals surface area contributed by atoms with Crippen LogP contribution in [0.5, 0.6) is 0 Å². The summed E-state index contributed by atoms with van der Waals surface area (Å²) in [6.07, 6.45) is 4.29. The number of pyridine rings is 1. The lowest BCUT2D eigenvalue weighted by Crippen LogP contribution is -2.49. The third-order valence-corrected chi connectivity index (χ3v) is 3.32. The highest BCUT2D eigenvalue weighted by molar-refractivity contribution is 6.32. The number of anilines is 1. The monoisotopic (exact) mass is 195 g/mol. The fourth-order valence-electron chi connectivity index (χ4n) is 2.21. The van der Waals surface area contributed by atoms with Crippen molar-refractivity contribution in [2.45, 2.75) is 12.8 Å². The van der Waals surface area contributed by atoms with Crippen LogP contribution in [0.15, 0.2) is 12.3 Å². The molecule has 1 spiro atoms. The Balaban J connectivity index is 1.89. The van der Waals surface area contributed by atoms with Gasteiger partial charge < -0.3 is 4.90 Å². The van der Waals surface area contributed by atoms with E-state index in [1.807, 2.05) is 0 Å². The molecule has 2 fully saturated rings. The molecule has 0 unspecified atom stereocenters. The van der Waals surface area contributed by atoms with E-state index in [4.69, 9.17) is 13.1 Å². The Kier molecular flexibility index (Phi) is 1.61. The zero-order chi connectivity index (χ0) is 10.5. The minimum Gasteiger partial charge on any atom is -0.354 e. The summed E-state index contributed by atoms with van der Waals surface area (Å²) >= 11 is 0. The smallest absolute Gasteiger partial charge is 0.146 e. The molecule has 1 saturated carbocycles. The molecule has 1 aromatic rings. The molecule has 2 radical (unpaired) electrons. The Hall–Kier alpha value is -1.50. The van der Waals surface area contributed by atoms with Crippen molar-refractivity contribution in [2.75, 3.05) is 18.0 Å². The van der Waals surface area contributed by atoms with Gasteiger partial charge in [-0.3, -0.25) is 0 Å². The number of hydrogen-bond donors (Lipinski definition) is 0. The van der Waals surface area contributed by atoms with Crippen molar-refractivity contribution in [1.29, 1.82) is 5.26 Å². The summed E-state index contributed by atoms with van der Waals surface area (Å²) in [5.41, 5.74) is 1.72. The lowest BCUT2D eigenvalue weighted by Gasteiger charge is -2.41. The van der Waals surface area contributed by atoms with Crippen molar-refractivity contribution in [3.05, 3.63) is 17.8 Å². The van der Waals surface area contributed by atoms with Gasteiger partial charge in [0.2, 0.25) is 0 Å². The van der Waals surface area contributed by atoms with Crippen LogP contribution < -0.4 is 10.4 Å². The zero-order valence-electron chi connectivity index (χ0n) is 8.40. The van der Waals surface area contributed by atoms with Crippen molar-refractivity contribution >= 4 is 19.1 Å². The molecule has 1 saturated heterocycles. The van der Waals surface area contributed by atoms with Crippen molar-refractivity contribution in [3.8, 4) is 6.07 Å². The lowest BCUT2D eigenvalue weighted by atomic mass is 9.94. The maximum absolute atomic E-state index is 8.98. The number of hydrogen-bond acceptors (Lipinski definition) is 3. The van der Waals surface area contributed by atoms with E-state index in [0.717, 1.165) is 18.9 Å². The van der Waals surface area contributed by atoms with E-state index in [1.165, 1.54) is 12.8 Å². The molecule has 3 rings (SSSR count). The molecule has 15 heavy (non-hydrogen) atoms. The van der Waals surface area contributed by atoms with Crippen LogP contribution in [0.2, 0.25) is 0 Å². The average molecular weight is 195 g/mol. The predicted octanol–water partition coefficient (Wildman–Crippen LogP) is 0.347. The summed E-state index contributed by atoms with van der Waals surface area (Å²) in [7, 11) is 5.60. The Labute approximate surface area is 90.1 Å². The first-order valence-electron chi connectivity index (χ1n) is 5.13. The van der Waals surface area contributed by atoms with Crippen LogP contribution in [-0.4, -0.2) is 25.9 Å². The second-order valence-corrected chi connectivity index (χ2v) is 4.61. The minimum absolute atomic E-state index is 0.553. The largest absolute Gasteiger partial charge is 0.354 e. The third kappa shape index (κ3) is 1.31. The van der Waals surface area contributed by atoms with Crippen LogP contribution in [0.3, 0.4) is 0 Å². The van der Waals surface area contributed by atoms with Crippen LogP contribution in [0.25, 0.3) is 0 Å². The normalized spacial score (nSPS) is 20.9. The van der Waals surface area contributed by atoms with Crippen molar-refractivity contribution in [3.63, 3.8) is 0 Å². The molecule has 72 valence electrons. The SMILES string of the molecule is [B]c1cnc(N2CC3(CC3)C2)c(C#N)c1. The lowest BCUT2D eigenvalue weighted by molar-refractivity contribution is 0.384. The van der Waals surface area contributed by atoms with Crippen LogP contribution in [0.1, 0.15) is 18.4 Å². The van der Waals surface area contributed by atoms with Crippen LogP contribution in [-0.2, 0) is 0 Å². The first-order valence-corrected chi connectivity index (χ1v) is 5.13. The Morgan fingerprint density at radius 2 is 2.20 bits per heavy atom. The highest BCUT2D eigenvalue weighted by atomic mass is 15.3. The Morgan fingerprint density at radius 3 is 2.80 bits per heavy atom. The molecule has 0 atom stereocenters. The first kappa shape index (κ1) is 8.78. The maximum Gasteiger partial charge on any atom is 0.146 e. The van der Waals surface area contributed by atoms with Gasteiger partial charge in [-0.05, 0) is 18.9 Å². The van der Waals surface area contributed by atoms with Crippen molar-refractivity contribution in [2.24, 2.45) is 5.41 Å². The predicted molar refractivity (Wildman–Crippen MR) is 58.2 cm³/mol. The average Bonchev–Trinajstić information content (AvgIpc) is 2.95. The fraction of sp³-hybridized carbons (Fsp3) is 0.455. The number of rotatable bonds is 1. The molecule has 0 bridgehead atoms. The number of nitrogens with zero attached hydrogens (tertiary/aromatic N) is 3. The van der Waals surface area contributed by atoms with Gasteiger partial charge in [0.25, 0.3) is 0 Å². The van der Waals surface area contributed by atoms with E-state index >= 15 is 0 Å². The van der Waals surface area contributed by atoms with Gasteiger partial charge in [-0.1, -0.05) is 5.46 Å². The number of nitriles is 1. The molecule has 2 aliphatic rings. The summed E-state index contributed by atoms with van der Waals surface area (Å²) in [6.45, 7) is 2.11. The fourth-order valence-corrected chi connectivity index (χ4v) is 2.21. The minimum atomic E-state index is 0.553.